The van der Waals surface area contributed by atoms with Crippen LogP contribution in [0.1, 0.15) is 21.5 Å². The number of rotatable bonds is 5. The number of phenolic OH excluding ortho intramolecular Hbond substituents is 1. The van der Waals surface area contributed by atoms with Gasteiger partial charge in [0.15, 0.2) is 11.5 Å². The predicted octanol–water partition coefficient (Wildman–Crippen LogP) is 3.73. The van der Waals surface area contributed by atoms with Crippen LogP contribution in [0.3, 0.4) is 0 Å². The third-order valence-corrected chi connectivity index (χ3v) is 3.68. The van der Waals surface area contributed by atoms with Crippen LogP contribution in [0.2, 0.25) is 5.02 Å². The summed E-state index contributed by atoms with van der Waals surface area (Å²) in [6.07, 6.45) is 0. The fourth-order valence-corrected chi connectivity index (χ4v) is 2.38. The molecule has 0 bridgehead atoms. The molecule has 0 aliphatic carbocycles. The van der Waals surface area contributed by atoms with Crippen LogP contribution < -0.4 is 9.47 Å². The lowest BCUT2D eigenvalue weighted by Crippen LogP contribution is -2.06. The number of benzene rings is 2. The molecule has 2 aromatic carbocycles. The fraction of sp³-hybridized carbons (Fsp3) is 0.235. The Labute approximate surface area is 139 Å². The maximum atomic E-state index is 11.8. The quantitative estimate of drug-likeness (QED) is 0.843. The van der Waals surface area contributed by atoms with Gasteiger partial charge in [-0.1, -0.05) is 23.7 Å². The average molecular weight is 337 g/mol. The van der Waals surface area contributed by atoms with Crippen molar-refractivity contribution < 1.29 is 24.1 Å². The van der Waals surface area contributed by atoms with Crippen molar-refractivity contribution in [3.8, 4) is 17.2 Å². The number of phenols is 1. The Morgan fingerprint density at radius 3 is 2.61 bits per heavy atom. The van der Waals surface area contributed by atoms with Crippen molar-refractivity contribution >= 4 is 17.6 Å². The summed E-state index contributed by atoms with van der Waals surface area (Å²) in [7, 11) is 2.58. The first-order valence-electron chi connectivity index (χ1n) is 6.84. The van der Waals surface area contributed by atoms with Crippen LogP contribution in [0.4, 0.5) is 0 Å². The zero-order valence-corrected chi connectivity index (χ0v) is 13.8. The van der Waals surface area contributed by atoms with Crippen molar-refractivity contribution in [1.82, 2.24) is 0 Å². The fourth-order valence-electron chi connectivity index (χ4n) is 2.10. The van der Waals surface area contributed by atoms with Crippen LogP contribution in [-0.4, -0.2) is 25.3 Å². The van der Waals surface area contributed by atoms with Gasteiger partial charge in [-0.25, -0.2) is 4.79 Å². The number of hydrogen-bond acceptors (Lipinski definition) is 5. The van der Waals surface area contributed by atoms with Crippen LogP contribution in [0, 0.1) is 6.92 Å². The highest BCUT2D eigenvalue weighted by Gasteiger charge is 2.22. The molecule has 0 aliphatic heterocycles. The molecular weight excluding hydrogens is 320 g/mol. The summed E-state index contributed by atoms with van der Waals surface area (Å²) in [5.41, 5.74) is 1.53. The smallest absolute Gasteiger partial charge is 0.341 e. The number of aryl methyl sites for hydroxylation is 1. The number of carbonyl (C=O) groups is 1. The topological polar surface area (TPSA) is 65.0 Å². The van der Waals surface area contributed by atoms with E-state index in [0.29, 0.717) is 11.3 Å². The molecule has 2 rings (SSSR count). The lowest BCUT2D eigenvalue weighted by molar-refractivity contribution is 0.0596. The van der Waals surface area contributed by atoms with Gasteiger partial charge >= 0.3 is 5.97 Å². The minimum atomic E-state index is -0.686. The standard InChI is InChI=1S/C17H17ClO5/c1-10-5-4-6-12(7-10)23-9-11-8-13(17(20)22-3)15(19)16(21-2)14(11)18/h4-8,19H,9H2,1-3H3. The first-order valence-corrected chi connectivity index (χ1v) is 7.21. The van der Waals surface area contributed by atoms with Gasteiger partial charge in [0, 0.05) is 5.56 Å². The predicted molar refractivity (Wildman–Crippen MR) is 86.5 cm³/mol. The first-order chi connectivity index (χ1) is 11.0. The number of esters is 1. The minimum absolute atomic E-state index is 0.0115. The molecule has 2 aromatic rings. The molecule has 0 amide bonds. The molecule has 6 heteroatoms. The molecule has 0 spiro atoms. The van der Waals surface area contributed by atoms with Gasteiger partial charge < -0.3 is 19.3 Å². The Bertz CT molecular complexity index is 727. The highest BCUT2D eigenvalue weighted by molar-refractivity contribution is 6.33. The average Bonchev–Trinajstić information content (AvgIpc) is 2.54. The second-order valence-electron chi connectivity index (χ2n) is 4.88. The Kier molecular flexibility index (Phi) is 5.34. The van der Waals surface area contributed by atoms with Crippen LogP contribution in [0.25, 0.3) is 0 Å². The largest absolute Gasteiger partial charge is 0.504 e. The Balaban J connectivity index is 2.35. The van der Waals surface area contributed by atoms with E-state index in [9.17, 15) is 9.90 Å². The van der Waals surface area contributed by atoms with E-state index >= 15 is 0 Å². The van der Waals surface area contributed by atoms with Crippen LogP contribution >= 0.6 is 11.6 Å². The van der Waals surface area contributed by atoms with Crippen LogP contribution in [-0.2, 0) is 11.3 Å². The van der Waals surface area contributed by atoms with E-state index in [1.807, 2.05) is 31.2 Å². The molecule has 0 aromatic heterocycles. The number of hydrogen-bond donors (Lipinski definition) is 1. The van der Waals surface area contributed by atoms with Crippen molar-refractivity contribution in [2.45, 2.75) is 13.5 Å². The molecule has 0 saturated heterocycles. The van der Waals surface area contributed by atoms with Gasteiger partial charge in [-0.3, -0.25) is 0 Å². The van der Waals surface area contributed by atoms with E-state index in [1.165, 1.54) is 20.3 Å². The highest BCUT2D eigenvalue weighted by atomic mass is 35.5. The van der Waals surface area contributed by atoms with E-state index in [0.717, 1.165) is 5.56 Å². The summed E-state index contributed by atoms with van der Waals surface area (Å²) in [5, 5.41) is 10.3. The maximum Gasteiger partial charge on any atom is 0.341 e. The first kappa shape index (κ1) is 17.0. The number of carbonyl (C=O) groups excluding carboxylic acids is 1. The summed E-state index contributed by atoms with van der Waals surface area (Å²) in [4.78, 5) is 11.8. The highest BCUT2D eigenvalue weighted by Crippen LogP contribution is 2.40. The summed E-state index contributed by atoms with van der Waals surface area (Å²) in [6.45, 7) is 2.07. The minimum Gasteiger partial charge on any atom is -0.504 e. The summed E-state index contributed by atoms with van der Waals surface area (Å²) >= 11 is 6.21. The van der Waals surface area contributed by atoms with E-state index in [1.54, 1.807) is 0 Å². The molecule has 23 heavy (non-hydrogen) atoms. The molecule has 0 fully saturated rings. The van der Waals surface area contributed by atoms with Gasteiger partial charge in [0.25, 0.3) is 0 Å². The third-order valence-electron chi connectivity index (χ3n) is 3.26. The number of aromatic hydroxyl groups is 1. The molecule has 0 radical (unpaired) electrons. The van der Waals surface area contributed by atoms with Crippen molar-refractivity contribution in [2.24, 2.45) is 0 Å². The molecular formula is C17H17ClO5. The molecule has 0 atom stereocenters. The number of halogens is 1. The Morgan fingerprint density at radius 1 is 1.26 bits per heavy atom. The molecule has 0 aliphatic rings. The van der Waals surface area contributed by atoms with Gasteiger partial charge in [0.2, 0.25) is 0 Å². The maximum absolute atomic E-state index is 11.8. The summed E-state index contributed by atoms with van der Waals surface area (Å²) in [6, 6.07) is 8.97. The molecule has 0 heterocycles. The molecule has 0 unspecified atom stereocenters. The van der Waals surface area contributed by atoms with Gasteiger partial charge in [0.05, 0.1) is 19.2 Å². The van der Waals surface area contributed by atoms with Crippen molar-refractivity contribution in [1.29, 1.82) is 0 Å². The van der Waals surface area contributed by atoms with E-state index in [-0.39, 0.29) is 28.7 Å². The zero-order chi connectivity index (χ0) is 17.0. The van der Waals surface area contributed by atoms with E-state index < -0.39 is 5.97 Å². The van der Waals surface area contributed by atoms with Gasteiger partial charge in [-0.05, 0) is 30.7 Å². The molecule has 1 N–H and O–H groups in total. The van der Waals surface area contributed by atoms with Crippen LogP contribution in [0.5, 0.6) is 17.2 Å². The SMILES string of the molecule is COC(=O)c1cc(COc2cccc(C)c2)c(Cl)c(OC)c1O. The van der Waals surface area contributed by atoms with Crippen molar-refractivity contribution in [2.75, 3.05) is 14.2 Å². The van der Waals surface area contributed by atoms with Gasteiger partial charge in [0.1, 0.15) is 17.9 Å². The monoisotopic (exact) mass is 336 g/mol. The van der Waals surface area contributed by atoms with E-state index in [2.05, 4.69) is 4.74 Å². The Hall–Kier alpha value is -2.40. The normalized spacial score (nSPS) is 10.3. The zero-order valence-electron chi connectivity index (χ0n) is 13.1. The molecule has 5 nitrogen and oxygen atoms in total. The van der Waals surface area contributed by atoms with Crippen molar-refractivity contribution in [3.05, 3.63) is 52.0 Å². The summed E-state index contributed by atoms with van der Waals surface area (Å²) < 4.78 is 15.4. The van der Waals surface area contributed by atoms with Crippen molar-refractivity contribution in [3.63, 3.8) is 0 Å². The number of methoxy groups -OCH3 is 2. The molecule has 0 saturated carbocycles. The third kappa shape index (κ3) is 3.68. The Morgan fingerprint density at radius 2 is 2.00 bits per heavy atom. The number of ether oxygens (including phenoxy) is 3. The summed E-state index contributed by atoms with van der Waals surface area (Å²) in [5.74, 6) is -0.358. The lowest BCUT2D eigenvalue weighted by atomic mass is 10.1. The van der Waals surface area contributed by atoms with E-state index in [4.69, 9.17) is 21.1 Å². The molecule has 122 valence electrons. The second-order valence-corrected chi connectivity index (χ2v) is 5.25. The second kappa shape index (κ2) is 7.24. The van der Waals surface area contributed by atoms with Crippen LogP contribution in [0.15, 0.2) is 30.3 Å². The van der Waals surface area contributed by atoms with Gasteiger partial charge in [-0.15, -0.1) is 0 Å². The van der Waals surface area contributed by atoms with Gasteiger partial charge in [-0.2, -0.15) is 0 Å². The lowest BCUT2D eigenvalue weighted by Gasteiger charge is -2.14.